The Morgan fingerprint density at radius 3 is 2.54 bits per heavy atom. The summed E-state index contributed by atoms with van der Waals surface area (Å²) in [5, 5.41) is 6.95. The topological polar surface area (TPSA) is 54.2 Å². The number of hydrogen-bond acceptors (Lipinski definition) is 2. The summed E-state index contributed by atoms with van der Waals surface area (Å²) >= 11 is 0. The molecule has 1 aromatic heterocycles. The molecule has 0 aliphatic heterocycles. The molecule has 28 heavy (non-hydrogen) atoms. The number of benzene rings is 2. The van der Waals surface area contributed by atoms with E-state index in [1.807, 2.05) is 25.5 Å². The fraction of sp³-hybridized carbons (Fsp3) is 0.364. The largest absolute Gasteiger partial charge is 0.354 e. The number of halogens is 1. The Morgan fingerprint density at radius 2 is 1.79 bits per heavy atom. The molecule has 0 bridgehead atoms. The Labute approximate surface area is 183 Å². The van der Waals surface area contributed by atoms with Crippen molar-refractivity contribution in [2.24, 2.45) is 4.99 Å². The van der Waals surface area contributed by atoms with Crippen molar-refractivity contribution in [2.45, 2.75) is 44.8 Å². The summed E-state index contributed by atoms with van der Waals surface area (Å²) < 4.78 is 2.19. The standard InChI is InChI=1S/C22H27N5.HI/c1-23-22(26-19-6-2-3-7-19)24-14-17-10-12-18(13-11-17)15-27-16-25-20-8-4-5-9-21(20)27;/h4-5,8-13,16,19H,2-3,6-7,14-15H2,1H3,(H2,23,24,26);1H. The maximum absolute atomic E-state index is 4.47. The van der Waals surface area contributed by atoms with Gasteiger partial charge < -0.3 is 15.2 Å². The van der Waals surface area contributed by atoms with Gasteiger partial charge in [-0.3, -0.25) is 4.99 Å². The zero-order chi connectivity index (χ0) is 18.5. The monoisotopic (exact) mass is 489 g/mol. The van der Waals surface area contributed by atoms with Crippen molar-refractivity contribution in [1.29, 1.82) is 0 Å². The Hall–Kier alpha value is -2.09. The van der Waals surface area contributed by atoms with E-state index in [9.17, 15) is 0 Å². The van der Waals surface area contributed by atoms with Crippen LogP contribution in [0.25, 0.3) is 11.0 Å². The van der Waals surface area contributed by atoms with Crippen LogP contribution in [0.4, 0.5) is 0 Å². The van der Waals surface area contributed by atoms with Gasteiger partial charge >= 0.3 is 0 Å². The number of hydrogen-bond donors (Lipinski definition) is 2. The van der Waals surface area contributed by atoms with Crippen LogP contribution in [-0.4, -0.2) is 28.6 Å². The molecule has 2 N–H and O–H groups in total. The minimum absolute atomic E-state index is 0. The number of nitrogens with zero attached hydrogens (tertiary/aromatic N) is 3. The molecule has 0 spiro atoms. The van der Waals surface area contributed by atoms with Gasteiger partial charge in [0.25, 0.3) is 0 Å². The lowest BCUT2D eigenvalue weighted by molar-refractivity contribution is 0.613. The van der Waals surface area contributed by atoms with Crippen molar-refractivity contribution >= 4 is 41.0 Å². The third-order valence-corrected chi connectivity index (χ3v) is 5.28. The molecule has 3 aromatic rings. The molecule has 1 fully saturated rings. The van der Waals surface area contributed by atoms with E-state index in [0.717, 1.165) is 24.6 Å². The van der Waals surface area contributed by atoms with Gasteiger partial charge in [0, 0.05) is 26.2 Å². The molecule has 0 atom stereocenters. The number of guanidine groups is 1. The van der Waals surface area contributed by atoms with Gasteiger partial charge in [-0.2, -0.15) is 0 Å². The highest BCUT2D eigenvalue weighted by molar-refractivity contribution is 14.0. The van der Waals surface area contributed by atoms with Gasteiger partial charge in [0.05, 0.1) is 17.4 Å². The normalized spacial score (nSPS) is 14.8. The number of imidazole rings is 1. The highest BCUT2D eigenvalue weighted by atomic mass is 127. The van der Waals surface area contributed by atoms with E-state index in [0.29, 0.717) is 6.04 Å². The second kappa shape index (κ2) is 9.91. The second-order valence-electron chi connectivity index (χ2n) is 7.23. The van der Waals surface area contributed by atoms with E-state index in [4.69, 9.17) is 0 Å². The zero-order valence-corrected chi connectivity index (χ0v) is 18.6. The number of aliphatic imine (C=N–C) groups is 1. The molecule has 4 rings (SSSR count). The molecule has 0 saturated heterocycles. The third kappa shape index (κ3) is 5.04. The average molecular weight is 489 g/mol. The lowest BCUT2D eigenvalue weighted by atomic mass is 10.1. The number of para-hydroxylation sites is 2. The zero-order valence-electron chi connectivity index (χ0n) is 16.3. The van der Waals surface area contributed by atoms with E-state index < -0.39 is 0 Å². The van der Waals surface area contributed by atoms with Crippen LogP contribution in [0.15, 0.2) is 59.9 Å². The SMILES string of the molecule is CN=C(NCc1ccc(Cn2cnc3ccccc32)cc1)NC1CCCC1.I. The van der Waals surface area contributed by atoms with Crippen molar-refractivity contribution in [3.63, 3.8) is 0 Å². The molecule has 1 heterocycles. The molecule has 148 valence electrons. The minimum atomic E-state index is 0. The smallest absolute Gasteiger partial charge is 0.191 e. The molecule has 0 amide bonds. The summed E-state index contributed by atoms with van der Waals surface area (Å²) in [5.41, 5.74) is 4.74. The van der Waals surface area contributed by atoms with Crippen molar-refractivity contribution in [3.05, 3.63) is 66.0 Å². The molecule has 0 unspecified atom stereocenters. The van der Waals surface area contributed by atoms with Crippen LogP contribution in [0.1, 0.15) is 36.8 Å². The van der Waals surface area contributed by atoms with Crippen molar-refractivity contribution < 1.29 is 0 Å². The minimum Gasteiger partial charge on any atom is -0.354 e. The Morgan fingerprint density at radius 1 is 1.07 bits per heavy atom. The molecule has 0 radical (unpaired) electrons. The maximum Gasteiger partial charge on any atom is 0.191 e. The second-order valence-corrected chi connectivity index (χ2v) is 7.23. The molecule has 1 aliphatic rings. The van der Waals surface area contributed by atoms with Crippen LogP contribution in [0.5, 0.6) is 0 Å². The molecule has 6 heteroatoms. The summed E-state index contributed by atoms with van der Waals surface area (Å²) in [6.07, 6.45) is 7.06. The highest BCUT2D eigenvalue weighted by Gasteiger charge is 2.15. The molecule has 5 nitrogen and oxygen atoms in total. The van der Waals surface area contributed by atoms with Crippen LogP contribution >= 0.6 is 24.0 Å². The Balaban J connectivity index is 0.00000225. The first-order valence-electron chi connectivity index (χ1n) is 9.77. The number of rotatable bonds is 5. The Bertz CT molecular complexity index is 910. The molecular formula is C22H28IN5. The molecule has 2 aromatic carbocycles. The van der Waals surface area contributed by atoms with Crippen molar-refractivity contribution in [3.8, 4) is 0 Å². The summed E-state index contributed by atoms with van der Waals surface area (Å²) in [5.74, 6) is 0.899. The van der Waals surface area contributed by atoms with E-state index in [1.54, 1.807) is 0 Å². The molecular weight excluding hydrogens is 461 g/mol. The average Bonchev–Trinajstić information content (AvgIpc) is 3.36. The highest BCUT2D eigenvalue weighted by Crippen LogP contribution is 2.17. The van der Waals surface area contributed by atoms with Gasteiger partial charge in [-0.1, -0.05) is 49.2 Å². The van der Waals surface area contributed by atoms with Crippen LogP contribution in [0, 0.1) is 0 Å². The van der Waals surface area contributed by atoms with Gasteiger partial charge in [-0.15, -0.1) is 24.0 Å². The van der Waals surface area contributed by atoms with Gasteiger partial charge in [-0.05, 0) is 36.1 Å². The maximum atomic E-state index is 4.47. The lowest BCUT2D eigenvalue weighted by Crippen LogP contribution is -2.41. The van der Waals surface area contributed by atoms with Crippen molar-refractivity contribution in [1.82, 2.24) is 20.2 Å². The van der Waals surface area contributed by atoms with E-state index >= 15 is 0 Å². The van der Waals surface area contributed by atoms with E-state index in [-0.39, 0.29) is 24.0 Å². The van der Waals surface area contributed by atoms with Crippen LogP contribution in [0.2, 0.25) is 0 Å². The fourth-order valence-electron chi connectivity index (χ4n) is 3.74. The van der Waals surface area contributed by atoms with Gasteiger partial charge in [-0.25, -0.2) is 4.98 Å². The van der Waals surface area contributed by atoms with Crippen LogP contribution < -0.4 is 10.6 Å². The van der Waals surface area contributed by atoms with Gasteiger partial charge in [0.1, 0.15) is 0 Å². The first kappa shape index (κ1) is 20.6. The first-order valence-corrected chi connectivity index (χ1v) is 9.77. The number of fused-ring (bicyclic) bond motifs is 1. The van der Waals surface area contributed by atoms with Crippen LogP contribution in [0.3, 0.4) is 0 Å². The van der Waals surface area contributed by atoms with Crippen LogP contribution in [-0.2, 0) is 13.1 Å². The van der Waals surface area contributed by atoms with Crippen molar-refractivity contribution in [2.75, 3.05) is 7.05 Å². The molecule has 1 saturated carbocycles. The quantitative estimate of drug-likeness (QED) is 0.319. The summed E-state index contributed by atoms with van der Waals surface area (Å²) in [7, 11) is 1.84. The lowest BCUT2D eigenvalue weighted by Gasteiger charge is -2.17. The Kier molecular flexibility index (Phi) is 7.30. The first-order chi connectivity index (χ1) is 13.3. The summed E-state index contributed by atoms with van der Waals surface area (Å²) in [6.45, 7) is 1.61. The fourth-order valence-corrected chi connectivity index (χ4v) is 3.74. The number of nitrogens with one attached hydrogen (secondary N) is 2. The van der Waals surface area contributed by atoms with Gasteiger partial charge in [0.15, 0.2) is 5.96 Å². The summed E-state index contributed by atoms with van der Waals surface area (Å²) in [4.78, 5) is 8.81. The third-order valence-electron chi connectivity index (χ3n) is 5.28. The number of aromatic nitrogens is 2. The summed E-state index contributed by atoms with van der Waals surface area (Å²) in [6, 6.07) is 17.6. The predicted molar refractivity (Wildman–Crippen MR) is 126 cm³/mol. The van der Waals surface area contributed by atoms with Gasteiger partial charge in [0.2, 0.25) is 0 Å². The van der Waals surface area contributed by atoms with E-state index in [1.165, 1.54) is 42.3 Å². The molecule has 1 aliphatic carbocycles. The predicted octanol–water partition coefficient (Wildman–Crippen LogP) is 4.31. The van der Waals surface area contributed by atoms with E-state index in [2.05, 4.69) is 61.6 Å².